The van der Waals surface area contributed by atoms with Crippen LogP contribution >= 0.6 is 0 Å². The topological polar surface area (TPSA) is 17.1 Å². The molecule has 84 valence electrons. The summed E-state index contributed by atoms with van der Waals surface area (Å²) in [5.41, 5.74) is 0. The molecule has 0 aliphatic rings. The van der Waals surface area contributed by atoms with E-state index >= 15 is 0 Å². The predicted molar refractivity (Wildman–Crippen MR) is 62.2 cm³/mol. The first kappa shape index (κ1) is 18.0. The van der Waals surface area contributed by atoms with Crippen molar-refractivity contribution in [2.45, 2.75) is 70.6 Å². The number of carbonyl (C=O) groups is 1. The Bertz CT molecular complexity index is 115. The van der Waals surface area contributed by atoms with Crippen molar-refractivity contribution in [2.75, 3.05) is 0 Å². The third-order valence-corrected chi connectivity index (χ3v) is 2.57. The van der Waals surface area contributed by atoms with Crippen LogP contribution < -0.4 is 29.6 Å². The first-order valence-electron chi connectivity index (χ1n) is 6.14. The molecule has 1 nitrogen and oxygen atoms in total. The molecule has 0 saturated carbocycles. The second kappa shape index (κ2) is 17.1. The molecule has 0 atom stereocenters. The van der Waals surface area contributed by atoms with E-state index in [9.17, 15) is 4.79 Å². The molecule has 0 aromatic heterocycles. The monoisotopic (exact) mass is 220 g/mol. The van der Waals surface area contributed by atoms with E-state index in [1.807, 2.05) is 0 Å². The van der Waals surface area contributed by atoms with Crippen LogP contribution in [0.25, 0.3) is 0 Å². The molecule has 0 amide bonds. The average Bonchev–Trinajstić information content (AvgIpc) is 2.21. The molecule has 0 bridgehead atoms. The Kier molecular flexibility index (Phi) is 20.5. The minimum absolute atomic E-state index is 0. The Morgan fingerprint density at radius 2 is 1.13 bits per heavy atom. The molecule has 0 heterocycles. The van der Waals surface area contributed by atoms with E-state index in [0.29, 0.717) is 0 Å². The van der Waals surface area contributed by atoms with Gasteiger partial charge in [-0.05, 0) is 6.42 Å². The van der Waals surface area contributed by atoms with Gasteiger partial charge in [0.15, 0.2) is 0 Å². The van der Waals surface area contributed by atoms with Gasteiger partial charge in [0.25, 0.3) is 0 Å². The Hall–Kier alpha value is 0.670. The summed E-state index contributed by atoms with van der Waals surface area (Å²) in [6.45, 7) is 3.83. The summed E-state index contributed by atoms with van der Waals surface area (Å²) in [6.07, 6.45) is 14.6. The Morgan fingerprint density at radius 1 is 0.733 bits per heavy atom. The van der Waals surface area contributed by atoms with Gasteiger partial charge >= 0.3 is 29.6 Å². The minimum Gasteiger partial charge on any atom is -0.343 e. The first-order chi connectivity index (χ1) is 6.91. The first-order valence-corrected chi connectivity index (χ1v) is 6.14. The quantitative estimate of drug-likeness (QED) is 0.222. The normalized spacial score (nSPS) is 9.67. The molecule has 0 aromatic carbocycles. The van der Waals surface area contributed by atoms with Crippen LogP contribution in [0.2, 0.25) is 0 Å². The van der Waals surface area contributed by atoms with Crippen LogP contribution in [0.1, 0.15) is 70.6 Å². The van der Waals surface area contributed by atoms with Gasteiger partial charge in [-0.3, -0.25) is 0 Å². The van der Waals surface area contributed by atoms with Gasteiger partial charge in [-0.2, -0.15) is 6.42 Å². The zero-order chi connectivity index (χ0) is 10.5. The van der Waals surface area contributed by atoms with Gasteiger partial charge in [-0.25, -0.2) is 0 Å². The van der Waals surface area contributed by atoms with Crippen molar-refractivity contribution >= 4 is 6.29 Å². The van der Waals surface area contributed by atoms with Gasteiger partial charge in [0, 0.05) is 6.42 Å². The fraction of sp³-hybridized carbons (Fsp3) is 0.846. The summed E-state index contributed by atoms with van der Waals surface area (Å²) >= 11 is 0. The van der Waals surface area contributed by atoms with E-state index in [-0.39, 0.29) is 29.6 Å². The number of hydrogen-bond acceptors (Lipinski definition) is 1. The molecular weight excluding hydrogens is 195 g/mol. The number of aldehydes is 1. The maximum Gasteiger partial charge on any atom is 1.00 e. The van der Waals surface area contributed by atoms with E-state index < -0.39 is 0 Å². The third kappa shape index (κ3) is 17.3. The Morgan fingerprint density at radius 3 is 1.53 bits per heavy atom. The SMILES string of the molecule is [CH2-]CCCCCCCCCCCC=O.[Na+]. The van der Waals surface area contributed by atoms with Crippen molar-refractivity contribution in [1.82, 2.24) is 0 Å². The minimum atomic E-state index is 0. The van der Waals surface area contributed by atoms with E-state index in [0.717, 1.165) is 25.5 Å². The van der Waals surface area contributed by atoms with E-state index in [4.69, 9.17) is 0 Å². The van der Waals surface area contributed by atoms with Crippen molar-refractivity contribution in [2.24, 2.45) is 0 Å². The van der Waals surface area contributed by atoms with Crippen molar-refractivity contribution in [3.8, 4) is 0 Å². The number of hydrogen-bond donors (Lipinski definition) is 0. The van der Waals surface area contributed by atoms with Crippen molar-refractivity contribution < 1.29 is 34.4 Å². The molecule has 0 aromatic rings. The largest absolute Gasteiger partial charge is 1.00 e. The van der Waals surface area contributed by atoms with Gasteiger partial charge in [-0.1, -0.05) is 51.4 Å². The second-order valence-corrected chi connectivity index (χ2v) is 3.99. The van der Waals surface area contributed by atoms with Crippen LogP contribution in [0.3, 0.4) is 0 Å². The van der Waals surface area contributed by atoms with Crippen molar-refractivity contribution in [1.29, 1.82) is 0 Å². The van der Waals surface area contributed by atoms with Crippen LogP contribution in [0, 0.1) is 6.92 Å². The summed E-state index contributed by atoms with van der Waals surface area (Å²) in [5.74, 6) is 0. The predicted octanol–water partition coefficient (Wildman–Crippen LogP) is 1.31. The van der Waals surface area contributed by atoms with Crippen LogP contribution in [-0.4, -0.2) is 6.29 Å². The summed E-state index contributed by atoms with van der Waals surface area (Å²) in [4.78, 5) is 10.0. The molecule has 2 heteroatoms. The van der Waals surface area contributed by atoms with Crippen molar-refractivity contribution in [3.63, 3.8) is 0 Å². The van der Waals surface area contributed by atoms with E-state index in [1.165, 1.54) is 51.4 Å². The standard InChI is InChI=1S/C13H25O.Na/c1-2-3-4-5-6-7-8-9-10-11-12-13-14;/h13H,1-12H2;/q-1;+1. The summed E-state index contributed by atoms with van der Waals surface area (Å²) < 4.78 is 0. The zero-order valence-electron chi connectivity index (χ0n) is 10.5. The summed E-state index contributed by atoms with van der Waals surface area (Å²) in [6, 6.07) is 0. The molecule has 0 fully saturated rings. The molecule has 0 aliphatic heterocycles. The molecule has 0 aliphatic carbocycles. The van der Waals surface area contributed by atoms with Crippen molar-refractivity contribution in [3.05, 3.63) is 6.92 Å². The fourth-order valence-corrected chi connectivity index (χ4v) is 1.64. The fourth-order valence-electron chi connectivity index (χ4n) is 1.64. The van der Waals surface area contributed by atoms with Gasteiger partial charge in [0.1, 0.15) is 6.29 Å². The average molecular weight is 220 g/mol. The van der Waals surface area contributed by atoms with Crippen LogP contribution in [0.15, 0.2) is 0 Å². The molecule has 0 radical (unpaired) electrons. The van der Waals surface area contributed by atoms with Gasteiger partial charge in [-0.15, -0.1) is 0 Å². The summed E-state index contributed by atoms with van der Waals surface area (Å²) in [5, 5.41) is 0. The Labute approximate surface area is 118 Å². The second-order valence-electron chi connectivity index (χ2n) is 3.99. The third-order valence-electron chi connectivity index (χ3n) is 2.57. The van der Waals surface area contributed by atoms with Gasteiger partial charge in [0.2, 0.25) is 0 Å². The van der Waals surface area contributed by atoms with Gasteiger partial charge in [0.05, 0.1) is 0 Å². The molecule has 0 spiro atoms. The Balaban J connectivity index is 0. The zero-order valence-corrected chi connectivity index (χ0v) is 12.5. The van der Waals surface area contributed by atoms with Crippen LogP contribution in [0.4, 0.5) is 0 Å². The number of carbonyl (C=O) groups excluding carboxylic acids is 1. The maximum atomic E-state index is 10.0. The molecule has 15 heavy (non-hydrogen) atoms. The van der Waals surface area contributed by atoms with E-state index in [2.05, 4.69) is 6.92 Å². The van der Waals surface area contributed by atoms with Gasteiger partial charge < -0.3 is 11.7 Å². The summed E-state index contributed by atoms with van der Waals surface area (Å²) in [7, 11) is 0. The maximum absolute atomic E-state index is 10.0. The number of rotatable bonds is 11. The molecule has 0 N–H and O–H groups in total. The number of unbranched alkanes of at least 4 members (excludes halogenated alkanes) is 10. The van der Waals surface area contributed by atoms with Crippen LogP contribution in [-0.2, 0) is 4.79 Å². The van der Waals surface area contributed by atoms with Crippen LogP contribution in [0.5, 0.6) is 0 Å². The molecule has 0 unspecified atom stereocenters. The van der Waals surface area contributed by atoms with E-state index in [1.54, 1.807) is 0 Å². The molecule has 0 saturated heterocycles. The molecule has 0 rings (SSSR count). The smallest absolute Gasteiger partial charge is 0.343 e. The molecular formula is C13H25NaO.